The van der Waals surface area contributed by atoms with Gasteiger partial charge in [0.1, 0.15) is 11.8 Å². The van der Waals surface area contributed by atoms with Crippen LogP contribution in [-0.2, 0) is 35.4 Å². The van der Waals surface area contributed by atoms with Crippen molar-refractivity contribution in [3.63, 3.8) is 0 Å². The number of imidazole rings is 2. The lowest BCUT2D eigenvalue weighted by atomic mass is 9.71. The zero-order valence-electron chi connectivity index (χ0n) is 52.0. The summed E-state index contributed by atoms with van der Waals surface area (Å²) in [6.07, 6.45) is 17.9. The van der Waals surface area contributed by atoms with Crippen LogP contribution in [0.4, 0.5) is 11.4 Å². The van der Waals surface area contributed by atoms with Gasteiger partial charge in [0, 0.05) is 69.6 Å². The highest BCUT2D eigenvalue weighted by Crippen LogP contribution is 2.56. The molecule has 14 rings (SSSR count). The van der Waals surface area contributed by atoms with Crippen LogP contribution in [0.5, 0.6) is 0 Å². The Hall–Kier alpha value is -8.65. The fraction of sp³-hybridized carbons (Fsp3) is 0.184. The second-order valence-electron chi connectivity index (χ2n) is 23.3. The molecule has 17 heteroatoms. The first-order valence-electron chi connectivity index (χ1n) is 31.1. The molecule has 2 unspecified atom stereocenters. The van der Waals surface area contributed by atoms with E-state index in [0.717, 1.165) is 73.2 Å². The van der Waals surface area contributed by atoms with Gasteiger partial charge in [-0.25, -0.2) is 56.4 Å². The number of H-pyrrole nitrogens is 2. The van der Waals surface area contributed by atoms with Gasteiger partial charge in [0.2, 0.25) is 0 Å². The first-order valence-corrected chi connectivity index (χ1v) is 34.7. The monoisotopic (exact) mass is 1300 g/mol. The van der Waals surface area contributed by atoms with E-state index in [1.165, 1.54) is 99.1 Å². The fourth-order valence-corrected chi connectivity index (χ4v) is 15.5. The van der Waals surface area contributed by atoms with Crippen LogP contribution in [0.25, 0.3) is 77.3 Å². The first kappa shape index (κ1) is 64.5. The van der Waals surface area contributed by atoms with E-state index in [-0.39, 0.29) is 10.8 Å². The molecule has 10 aromatic carbocycles. The molecule has 2 N–H and O–H groups in total. The lowest BCUT2D eigenvalue weighted by molar-refractivity contribution is -2.00. The van der Waals surface area contributed by atoms with Crippen LogP contribution in [0.3, 0.4) is 0 Å². The van der Waals surface area contributed by atoms with Gasteiger partial charge >= 0.3 is 0 Å². The molecule has 2 aromatic heterocycles. The lowest BCUT2D eigenvalue weighted by Gasteiger charge is -2.33. The molecule has 4 heterocycles. The molecule has 14 nitrogen and oxygen atoms in total. The summed E-state index contributed by atoms with van der Waals surface area (Å²) < 4.78 is 72.9. The topological polar surface area (TPSA) is 230 Å². The number of nitrogens with zero attached hydrogens (tertiary/aromatic N) is 4. The Labute approximate surface area is 548 Å². The number of rotatable bonds is 16. The SMILES string of the molecule is CCN1C(=CC=Cc2[nH]c3c4ccccc4ccc3[n+]2CSC[n+]2c(C=CC=C3N(CC)c4ccc5ccccc5c4C3(CC)Cc3ccccc3)[nH]c3c4ccccc4ccc32)C(CC)(Cc2ccccc2)c2c1ccc1ccccc21.[O-][Cl+3]([O-])([O-])[O-].[O-][Cl+3]([O-])([O-])[O-]. The van der Waals surface area contributed by atoms with Gasteiger partial charge in [-0.3, -0.25) is 0 Å². The van der Waals surface area contributed by atoms with E-state index >= 15 is 0 Å². The Bertz CT molecular complexity index is 4520. The van der Waals surface area contributed by atoms with Crippen molar-refractivity contribution >= 4 is 100 Å². The van der Waals surface area contributed by atoms with Gasteiger partial charge in [0.05, 0.1) is 0 Å². The summed E-state index contributed by atoms with van der Waals surface area (Å²) in [7, 11) is -9.89. The number of fused-ring (bicyclic) bond motifs is 12. The van der Waals surface area contributed by atoms with E-state index in [1.54, 1.807) is 0 Å². The number of aromatic nitrogens is 4. The highest BCUT2D eigenvalue weighted by atomic mass is 35.7. The Balaban J connectivity index is 0.000000775. The Morgan fingerprint density at radius 3 is 1.09 bits per heavy atom. The molecule has 472 valence electrons. The number of benzene rings is 10. The minimum Gasteiger partial charge on any atom is -0.344 e. The number of anilines is 2. The quantitative estimate of drug-likeness (QED) is 0.0874. The third-order valence-corrected chi connectivity index (χ3v) is 19.3. The predicted octanol–water partition coefficient (Wildman–Crippen LogP) is 8.33. The molecule has 93 heavy (non-hydrogen) atoms. The number of likely N-dealkylation sites (N-methyl/N-ethyl adjacent to an activating group) is 2. The smallest absolute Gasteiger partial charge is 0.280 e. The number of hydrogen-bond acceptors (Lipinski definition) is 11. The van der Waals surface area contributed by atoms with E-state index in [4.69, 9.17) is 37.3 Å². The number of aromatic amines is 2. The second-order valence-corrected chi connectivity index (χ2v) is 25.8. The molecule has 2 aliphatic heterocycles. The van der Waals surface area contributed by atoms with Gasteiger partial charge < -0.3 is 9.80 Å². The first-order chi connectivity index (χ1) is 44.9. The van der Waals surface area contributed by atoms with Crippen molar-refractivity contribution in [1.29, 1.82) is 0 Å². The summed E-state index contributed by atoms with van der Waals surface area (Å²) in [4.78, 5) is 13.1. The Morgan fingerprint density at radius 1 is 0.409 bits per heavy atom. The van der Waals surface area contributed by atoms with Crippen molar-refractivity contribution in [2.75, 3.05) is 22.9 Å². The molecule has 2 aliphatic rings. The van der Waals surface area contributed by atoms with Crippen LogP contribution >= 0.6 is 11.8 Å². The standard InChI is InChI=1S/C76H68N6S.2ClHO4/c1-5-75(49-53-25-11-9-12-26-53)67(79(7-3)63-45-41-55-29-15-19-33-59(55)71(63)75)37-23-39-69-77-73-61-35-21-17-31-57(61)43-47-65(73)81(69)51-83-52-82-66-48-44-58-32-18-22-36-62(58)74(66)78-70(82)40-24-38-68-76(6-2,50-54-27-13-10-14-28-54)72-60-34-20-16-30-56(60)42-46-64(72)80(68)8-4;2*2-1(3,4)5/h9-48H,5-8,49-52H2,1-4H3;2*(H,2,3,4,5). The zero-order chi connectivity index (χ0) is 65.1. The van der Waals surface area contributed by atoms with Crippen molar-refractivity contribution < 1.29 is 66.9 Å². The molecule has 0 spiro atoms. The van der Waals surface area contributed by atoms with E-state index < -0.39 is 20.5 Å². The number of hydrogen-bond donors (Lipinski definition) is 2. The molecule has 0 aliphatic carbocycles. The Morgan fingerprint density at radius 2 is 0.731 bits per heavy atom. The second kappa shape index (κ2) is 27.1. The molecule has 0 amide bonds. The van der Waals surface area contributed by atoms with Crippen LogP contribution in [0.15, 0.2) is 242 Å². The minimum absolute atomic E-state index is 0.224. The van der Waals surface area contributed by atoms with E-state index in [9.17, 15) is 0 Å². The number of nitrogens with one attached hydrogen (secondary N) is 2. The van der Waals surface area contributed by atoms with Crippen LogP contribution in [0.1, 0.15) is 74.4 Å². The summed E-state index contributed by atoms with van der Waals surface area (Å²) in [5.41, 5.74) is 15.2. The van der Waals surface area contributed by atoms with E-state index in [2.05, 4.69) is 299 Å². The van der Waals surface area contributed by atoms with Crippen molar-refractivity contribution in [2.24, 2.45) is 0 Å². The van der Waals surface area contributed by atoms with Crippen molar-refractivity contribution in [2.45, 2.75) is 76.0 Å². The highest BCUT2D eigenvalue weighted by Gasteiger charge is 2.48. The maximum Gasteiger partial charge on any atom is 0.280 e. The molecule has 0 radical (unpaired) electrons. The van der Waals surface area contributed by atoms with Crippen LogP contribution in [-0.4, -0.2) is 23.1 Å². The van der Waals surface area contributed by atoms with Gasteiger partial charge in [-0.15, -0.1) is 20.5 Å². The normalized spacial score (nSPS) is 17.4. The maximum absolute atomic E-state index is 8.49. The van der Waals surface area contributed by atoms with Gasteiger partial charge in [-0.1, -0.05) is 195 Å². The molecular weight excluding hydrogens is 1230 g/mol. The molecule has 12 aromatic rings. The number of thioether (sulfide) groups is 1. The van der Waals surface area contributed by atoms with Crippen LogP contribution in [0, 0.1) is 20.5 Å². The summed E-state index contributed by atoms with van der Waals surface area (Å²) in [5, 5.41) is 10.2. The molecule has 2 atom stereocenters. The summed E-state index contributed by atoms with van der Waals surface area (Å²) in [5.74, 6) is 3.60. The summed E-state index contributed by atoms with van der Waals surface area (Å²) in [6, 6.07) is 76.1. The molecule has 0 saturated carbocycles. The van der Waals surface area contributed by atoms with E-state index in [0.29, 0.717) is 0 Å². The maximum atomic E-state index is 8.49. The average Bonchev–Trinajstić information content (AvgIpc) is 1.58. The summed E-state index contributed by atoms with van der Waals surface area (Å²) in [6.45, 7) is 11.1. The average molecular weight is 1300 g/mol. The van der Waals surface area contributed by atoms with Gasteiger partial charge in [-0.2, -0.15) is 0 Å². The van der Waals surface area contributed by atoms with Gasteiger partial charge in [0.25, 0.3) is 11.6 Å². The molecule has 0 saturated heterocycles. The lowest BCUT2D eigenvalue weighted by Crippen LogP contribution is -2.68. The molecule has 0 bridgehead atoms. The van der Waals surface area contributed by atoms with E-state index in [1.807, 2.05) is 11.8 Å². The highest BCUT2D eigenvalue weighted by molar-refractivity contribution is 7.97. The van der Waals surface area contributed by atoms with Gasteiger partial charge in [0.15, 0.2) is 22.1 Å². The largest absolute Gasteiger partial charge is 0.344 e. The van der Waals surface area contributed by atoms with Crippen molar-refractivity contribution in [3.8, 4) is 0 Å². The number of allylic oxidation sites excluding steroid dienone is 6. The fourth-order valence-electron chi connectivity index (χ4n) is 14.5. The minimum atomic E-state index is -4.94. The third kappa shape index (κ3) is 13.1. The van der Waals surface area contributed by atoms with Crippen molar-refractivity contribution in [3.05, 3.63) is 276 Å². The Kier molecular flexibility index (Phi) is 18.8. The van der Waals surface area contributed by atoms with Gasteiger partial charge in [-0.05, 0) is 155 Å². The van der Waals surface area contributed by atoms with Crippen LogP contribution in [0.2, 0.25) is 0 Å². The number of halogens is 2. The summed E-state index contributed by atoms with van der Waals surface area (Å²) >= 11 is 1.93. The zero-order valence-corrected chi connectivity index (χ0v) is 54.3. The third-order valence-electron chi connectivity index (χ3n) is 18.4. The van der Waals surface area contributed by atoms with Crippen LogP contribution < -0.4 is 56.2 Å². The predicted molar refractivity (Wildman–Crippen MR) is 352 cm³/mol. The molecular formula is C76H70Cl2N6O8S. The molecule has 0 fully saturated rings. The van der Waals surface area contributed by atoms with Crippen molar-refractivity contribution in [1.82, 2.24) is 9.97 Å².